The third kappa shape index (κ3) is 5.74. The third-order valence-electron chi connectivity index (χ3n) is 11.1. The molecule has 0 amide bonds. The van der Waals surface area contributed by atoms with Gasteiger partial charge in [0, 0.05) is 51.6 Å². The van der Waals surface area contributed by atoms with Crippen molar-refractivity contribution < 1.29 is 0 Å². The molecule has 11 rings (SSSR count). The van der Waals surface area contributed by atoms with Crippen LogP contribution in [0.15, 0.2) is 212 Å². The summed E-state index contributed by atoms with van der Waals surface area (Å²) in [6, 6.07) is 77.6. The summed E-state index contributed by atoms with van der Waals surface area (Å²) in [5.74, 6) is 0. The van der Waals surface area contributed by atoms with Crippen LogP contribution in [0.2, 0.25) is 0 Å². The molecule has 57 heavy (non-hydrogen) atoms. The van der Waals surface area contributed by atoms with E-state index in [2.05, 4.69) is 217 Å². The molecule has 0 aliphatic carbocycles. The average Bonchev–Trinajstić information content (AvgIpc) is 3.87. The Balaban J connectivity index is 1.12. The molecule has 11 aromatic rings. The minimum atomic E-state index is 1.11. The fourth-order valence-corrected chi connectivity index (χ4v) is 10.9. The zero-order valence-electron chi connectivity index (χ0n) is 31.0. The molecule has 0 bridgehead atoms. The smallest absolute Gasteiger partial charge is 0.0555 e. The topological polar surface area (TPSA) is 3.24 Å². The summed E-state index contributed by atoms with van der Waals surface area (Å²) >= 11 is 3.74. The average molecular weight is 762 g/mol. The zero-order valence-corrected chi connectivity index (χ0v) is 32.6. The van der Waals surface area contributed by atoms with Crippen LogP contribution in [0.25, 0.3) is 84.9 Å². The van der Waals surface area contributed by atoms with E-state index in [1.807, 2.05) is 22.7 Å². The van der Waals surface area contributed by atoms with E-state index < -0.39 is 0 Å². The van der Waals surface area contributed by atoms with Gasteiger partial charge >= 0.3 is 0 Å². The van der Waals surface area contributed by atoms with Gasteiger partial charge in [0.05, 0.1) is 11.4 Å². The molecular formula is C54H35NS2. The third-order valence-corrected chi connectivity index (χ3v) is 13.5. The standard InChI is InChI=1S/C54H35NS2/c1-2-16-36(17-3-1)39-18-4-5-19-41(39)42-20-6-7-21-43(42)44-22-8-11-27-48(44)55(49-28-15-31-52-53(49)47-24-10-13-30-51(47)56-52)38-34-32-37(33-35-38)40-25-14-26-46-45-23-9-12-29-50(45)57-54(40)46/h1-35H. The predicted octanol–water partition coefficient (Wildman–Crippen LogP) is 16.6. The summed E-state index contributed by atoms with van der Waals surface area (Å²) in [7, 11) is 0. The van der Waals surface area contributed by atoms with Crippen LogP contribution in [0.3, 0.4) is 0 Å². The lowest BCUT2D eigenvalue weighted by Gasteiger charge is -2.29. The van der Waals surface area contributed by atoms with E-state index >= 15 is 0 Å². The van der Waals surface area contributed by atoms with Crippen molar-refractivity contribution in [3.63, 3.8) is 0 Å². The van der Waals surface area contributed by atoms with Crippen LogP contribution in [0.1, 0.15) is 0 Å². The van der Waals surface area contributed by atoms with Gasteiger partial charge < -0.3 is 4.90 Å². The van der Waals surface area contributed by atoms with Gasteiger partial charge in [0.15, 0.2) is 0 Å². The van der Waals surface area contributed by atoms with Crippen LogP contribution in [0.4, 0.5) is 17.1 Å². The maximum absolute atomic E-state index is 2.49. The second-order valence-electron chi connectivity index (χ2n) is 14.4. The fourth-order valence-electron chi connectivity index (χ4n) is 8.55. The molecule has 0 fully saturated rings. The normalized spacial score (nSPS) is 11.5. The minimum Gasteiger partial charge on any atom is -0.309 e. The Morgan fingerprint density at radius 3 is 1.54 bits per heavy atom. The monoisotopic (exact) mass is 761 g/mol. The van der Waals surface area contributed by atoms with Crippen molar-refractivity contribution in [3.8, 4) is 44.5 Å². The van der Waals surface area contributed by atoms with Crippen molar-refractivity contribution in [2.75, 3.05) is 4.90 Å². The number of para-hydroxylation sites is 1. The first-order valence-electron chi connectivity index (χ1n) is 19.3. The van der Waals surface area contributed by atoms with Crippen molar-refractivity contribution >= 4 is 80.1 Å². The quantitative estimate of drug-likeness (QED) is 0.156. The first-order valence-corrected chi connectivity index (χ1v) is 21.0. The molecule has 0 radical (unpaired) electrons. The first-order chi connectivity index (χ1) is 28.3. The van der Waals surface area contributed by atoms with E-state index in [9.17, 15) is 0 Å². The lowest BCUT2D eigenvalue weighted by Crippen LogP contribution is -2.11. The number of hydrogen-bond donors (Lipinski definition) is 0. The van der Waals surface area contributed by atoms with E-state index in [0.29, 0.717) is 0 Å². The van der Waals surface area contributed by atoms with Crippen LogP contribution < -0.4 is 4.90 Å². The molecule has 0 saturated carbocycles. The number of anilines is 3. The first kappa shape index (κ1) is 33.5. The molecule has 268 valence electrons. The van der Waals surface area contributed by atoms with Crippen LogP contribution in [-0.4, -0.2) is 0 Å². The lowest BCUT2D eigenvalue weighted by atomic mass is 9.88. The maximum atomic E-state index is 2.49. The van der Waals surface area contributed by atoms with Gasteiger partial charge in [-0.05, 0) is 81.4 Å². The second kappa shape index (κ2) is 14.1. The van der Waals surface area contributed by atoms with Gasteiger partial charge in [-0.15, -0.1) is 22.7 Å². The SMILES string of the molecule is c1ccc(-c2ccccc2-c2ccccc2-c2ccccc2N(c2ccc(-c3cccc4c3sc3ccccc34)cc2)c2cccc3sc4ccccc4c23)cc1. The molecule has 0 N–H and O–H groups in total. The van der Waals surface area contributed by atoms with Gasteiger partial charge in [0.25, 0.3) is 0 Å². The van der Waals surface area contributed by atoms with Gasteiger partial charge in [-0.1, -0.05) is 170 Å². The van der Waals surface area contributed by atoms with Crippen LogP contribution in [-0.2, 0) is 0 Å². The van der Waals surface area contributed by atoms with Gasteiger partial charge in [-0.3, -0.25) is 0 Å². The maximum Gasteiger partial charge on any atom is 0.0555 e. The van der Waals surface area contributed by atoms with Gasteiger partial charge in [-0.25, -0.2) is 0 Å². The van der Waals surface area contributed by atoms with Gasteiger partial charge in [0.1, 0.15) is 0 Å². The summed E-state index contributed by atoms with van der Waals surface area (Å²) in [6.45, 7) is 0. The zero-order chi connectivity index (χ0) is 37.7. The summed E-state index contributed by atoms with van der Waals surface area (Å²) in [5.41, 5.74) is 13.1. The van der Waals surface area contributed by atoms with Crippen molar-refractivity contribution in [1.29, 1.82) is 0 Å². The lowest BCUT2D eigenvalue weighted by molar-refractivity contribution is 1.30. The minimum absolute atomic E-state index is 1.11. The Morgan fingerprint density at radius 1 is 0.281 bits per heavy atom. The summed E-state index contributed by atoms with van der Waals surface area (Å²) < 4.78 is 5.22. The fraction of sp³-hybridized carbons (Fsp3) is 0. The van der Waals surface area contributed by atoms with E-state index in [-0.39, 0.29) is 0 Å². The number of rotatable bonds is 7. The summed E-state index contributed by atoms with van der Waals surface area (Å²) in [4.78, 5) is 2.49. The molecule has 2 heterocycles. The van der Waals surface area contributed by atoms with Crippen molar-refractivity contribution in [3.05, 3.63) is 212 Å². The van der Waals surface area contributed by atoms with Crippen LogP contribution in [0, 0.1) is 0 Å². The van der Waals surface area contributed by atoms with Gasteiger partial charge in [0.2, 0.25) is 0 Å². The molecule has 0 saturated heterocycles. The molecular weight excluding hydrogens is 727 g/mol. The highest BCUT2D eigenvalue weighted by atomic mass is 32.1. The molecule has 9 aromatic carbocycles. The predicted molar refractivity (Wildman–Crippen MR) is 249 cm³/mol. The van der Waals surface area contributed by atoms with Crippen molar-refractivity contribution in [2.45, 2.75) is 0 Å². The van der Waals surface area contributed by atoms with Crippen LogP contribution in [0.5, 0.6) is 0 Å². The van der Waals surface area contributed by atoms with Gasteiger partial charge in [-0.2, -0.15) is 0 Å². The molecule has 0 aliphatic rings. The Kier molecular flexibility index (Phi) is 8.28. The Morgan fingerprint density at radius 2 is 0.772 bits per heavy atom. The number of benzene rings is 9. The van der Waals surface area contributed by atoms with Crippen molar-refractivity contribution in [1.82, 2.24) is 0 Å². The highest BCUT2D eigenvalue weighted by Crippen LogP contribution is 2.49. The number of thiophene rings is 2. The number of hydrogen-bond acceptors (Lipinski definition) is 3. The van der Waals surface area contributed by atoms with E-state index in [4.69, 9.17) is 0 Å². The van der Waals surface area contributed by atoms with Crippen LogP contribution >= 0.6 is 22.7 Å². The molecule has 2 aromatic heterocycles. The highest BCUT2D eigenvalue weighted by Gasteiger charge is 2.23. The van der Waals surface area contributed by atoms with Crippen molar-refractivity contribution in [2.24, 2.45) is 0 Å². The summed E-state index contributed by atoms with van der Waals surface area (Å²) in [6.07, 6.45) is 0. The largest absolute Gasteiger partial charge is 0.309 e. The molecule has 1 nitrogen and oxygen atoms in total. The van der Waals surface area contributed by atoms with E-state index in [0.717, 1.165) is 11.4 Å². The molecule has 0 unspecified atom stereocenters. The highest BCUT2D eigenvalue weighted by molar-refractivity contribution is 7.26. The molecule has 0 aliphatic heterocycles. The second-order valence-corrected chi connectivity index (χ2v) is 16.5. The number of fused-ring (bicyclic) bond motifs is 6. The van der Waals surface area contributed by atoms with E-state index in [1.165, 1.54) is 90.5 Å². The molecule has 0 atom stereocenters. The Bertz CT molecular complexity index is 3240. The molecule has 0 spiro atoms. The summed E-state index contributed by atoms with van der Waals surface area (Å²) in [5, 5.41) is 5.19. The van der Waals surface area contributed by atoms with E-state index in [1.54, 1.807) is 0 Å². The Hall–Kier alpha value is -6.78. The molecule has 3 heteroatoms. The number of nitrogens with zero attached hydrogens (tertiary/aromatic N) is 1. The Labute approximate surface area is 340 Å².